The molecule has 0 atom stereocenters. The summed E-state index contributed by atoms with van der Waals surface area (Å²) in [5.74, 6) is 0.603. The number of carbonyl (C=O) groups excluding carboxylic acids is 1. The van der Waals surface area contributed by atoms with E-state index in [2.05, 4.69) is 25.8 Å². The number of aryl methyl sites for hydroxylation is 1. The zero-order valence-corrected chi connectivity index (χ0v) is 16.2. The highest BCUT2D eigenvalue weighted by Gasteiger charge is 2.10. The van der Waals surface area contributed by atoms with Crippen molar-refractivity contribution in [2.24, 2.45) is 4.99 Å². The lowest BCUT2D eigenvalue weighted by Gasteiger charge is -2.26. The summed E-state index contributed by atoms with van der Waals surface area (Å²) >= 11 is 6.13. The molecule has 8 heteroatoms. The van der Waals surface area contributed by atoms with Crippen LogP contribution in [0.5, 0.6) is 0 Å². The first kappa shape index (κ1) is 20.5. The van der Waals surface area contributed by atoms with Gasteiger partial charge in [0.15, 0.2) is 5.96 Å². The van der Waals surface area contributed by atoms with Gasteiger partial charge in [0.25, 0.3) is 0 Å². The van der Waals surface area contributed by atoms with E-state index in [9.17, 15) is 4.79 Å². The van der Waals surface area contributed by atoms with E-state index in [0.29, 0.717) is 29.6 Å². The van der Waals surface area contributed by atoms with Gasteiger partial charge < -0.3 is 20.7 Å². The van der Waals surface area contributed by atoms with E-state index in [-0.39, 0.29) is 5.91 Å². The maximum absolute atomic E-state index is 12.1. The Morgan fingerprint density at radius 3 is 2.69 bits per heavy atom. The number of rotatable bonds is 7. The van der Waals surface area contributed by atoms with Crippen molar-refractivity contribution >= 4 is 29.2 Å². The molecular formula is C18H28ClN5O2. The molecule has 0 aliphatic carbocycles. The van der Waals surface area contributed by atoms with Gasteiger partial charge in [0.1, 0.15) is 0 Å². The monoisotopic (exact) mass is 381 g/mol. The van der Waals surface area contributed by atoms with Crippen molar-refractivity contribution in [3.8, 4) is 0 Å². The molecule has 0 aromatic heterocycles. The number of aliphatic imine (C=N–C) groups is 1. The second-order valence-electron chi connectivity index (χ2n) is 6.16. The van der Waals surface area contributed by atoms with Crippen LogP contribution in [0.1, 0.15) is 12.0 Å². The number of hydrogen-bond acceptors (Lipinski definition) is 4. The molecule has 26 heavy (non-hydrogen) atoms. The highest BCUT2D eigenvalue weighted by Crippen LogP contribution is 2.22. The zero-order valence-electron chi connectivity index (χ0n) is 15.5. The molecule has 7 nitrogen and oxygen atoms in total. The fourth-order valence-electron chi connectivity index (χ4n) is 2.61. The Hall–Kier alpha value is -1.83. The minimum atomic E-state index is -0.0907. The summed E-state index contributed by atoms with van der Waals surface area (Å²) in [5.41, 5.74) is 1.69. The Bertz CT molecular complexity index is 618. The first-order valence-corrected chi connectivity index (χ1v) is 9.27. The Morgan fingerprint density at radius 1 is 1.27 bits per heavy atom. The maximum atomic E-state index is 12.1. The maximum Gasteiger partial charge on any atom is 0.226 e. The van der Waals surface area contributed by atoms with Gasteiger partial charge in [-0.25, -0.2) is 0 Å². The van der Waals surface area contributed by atoms with Crippen LogP contribution in [0.2, 0.25) is 5.02 Å². The molecule has 3 N–H and O–H groups in total. The minimum Gasteiger partial charge on any atom is -0.379 e. The van der Waals surface area contributed by atoms with Crippen molar-refractivity contribution < 1.29 is 9.53 Å². The molecule has 1 aliphatic rings. The molecule has 1 aromatic carbocycles. The van der Waals surface area contributed by atoms with Crippen LogP contribution >= 0.6 is 11.6 Å². The molecule has 1 fully saturated rings. The van der Waals surface area contributed by atoms with Crippen LogP contribution in [0.25, 0.3) is 0 Å². The summed E-state index contributed by atoms with van der Waals surface area (Å²) in [7, 11) is 1.72. The van der Waals surface area contributed by atoms with Gasteiger partial charge in [-0.05, 0) is 24.6 Å². The van der Waals surface area contributed by atoms with E-state index in [1.54, 1.807) is 7.05 Å². The average molecular weight is 382 g/mol. The number of anilines is 1. The summed E-state index contributed by atoms with van der Waals surface area (Å²) in [6.07, 6.45) is 0.328. The molecule has 1 aromatic rings. The number of nitrogens with zero attached hydrogens (tertiary/aromatic N) is 2. The number of morpholine rings is 1. The van der Waals surface area contributed by atoms with Gasteiger partial charge in [-0.1, -0.05) is 17.7 Å². The quantitative estimate of drug-likeness (QED) is 0.492. The number of hydrogen-bond donors (Lipinski definition) is 3. The lowest BCUT2D eigenvalue weighted by molar-refractivity contribution is -0.116. The van der Waals surface area contributed by atoms with Gasteiger partial charge in [0.05, 0.1) is 23.9 Å². The van der Waals surface area contributed by atoms with Crippen molar-refractivity contribution in [1.82, 2.24) is 15.5 Å². The Balaban J connectivity index is 1.64. The normalized spacial score (nSPS) is 15.6. The van der Waals surface area contributed by atoms with Crippen molar-refractivity contribution in [3.05, 3.63) is 28.8 Å². The van der Waals surface area contributed by atoms with Crippen molar-refractivity contribution in [1.29, 1.82) is 0 Å². The van der Waals surface area contributed by atoms with Crippen LogP contribution in [0, 0.1) is 6.92 Å². The molecule has 0 radical (unpaired) electrons. The topological polar surface area (TPSA) is 78.0 Å². The SMILES string of the molecule is CN=C(NCCC(=O)Nc1ccc(C)cc1Cl)NCCN1CCOCC1. The Morgan fingerprint density at radius 2 is 2.00 bits per heavy atom. The summed E-state index contributed by atoms with van der Waals surface area (Å²) in [4.78, 5) is 18.6. The molecule has 2 rings (SSSR count). The first-order valence-electron chi connectivity index (χ1n) is 8.89. The molecule has 1 heterocycles. The second kappa shape index (κ2) is 11.0. The van der Waals surface area contributed by atoms with E-state index in [1.807, 2.05) is 25.1 Å². The first-order chi connectivity index (χ1) is 12.6. The number of amides is 1. The number of guanidine groups is 1. The third-order valence-electron chi connectivity index (χ3n) is 4.09. The van der Waals surface area contributed by atoms with E-state index >= 15 is 0 Å². The number of carbonyl (C=O) groups is 1. The fraction of sp³-hybridized carbons (Fsp3) is 0.556. The van der Waals surface area contributed by atoms with Crippen molar-refractivity contribution in [2.75, 3.05) is 58.3 Å². The van der Waals surface area contributed by atoms with Crippen LogP contribution in [0.4, 0.5) is 5.69 Å². The van der Waals surface area contributed by atoms with Gasteiger partial charge in [-0.15, -0.1) is 0 Å². The van der Waals surface area contributed by atoms with E-state index in [4.69, 9.17) is 16.3 Å². The Kier molecular flexibility index (Phi) is 8.67. The number of ether oxygens (including phenoxy) is 1. The molecule has 0 bridgehead atoms. The number of benzene rings is 1. The van der Waals surface area contributed by atoms with E-state index < -0.39 is 0 Å². The third kappa shape index (κ3) is 7.19. The summed E-state index contributed by atoms with van der Waals surface area (Å²) in [5, 5.41) is 9.78. The van der Waals surface area contributed by atoms with Crippen molar-refractivity contribution in [2.45, 2.75) is 13.3 Å². The zero-order chi connectivity index (χ0) is 18.8. The van der Waals surface area contributed by atoms with E-state index in [1.165, 1.54) is 0 Å². The summed E-state index contributed by atoms with van der Waals surface area (Å²) < 4.78 is 5.34. The number of halogens is 1. The summed E-state index contributed by atoms with van der Waals surface area (Å²) in [6, 6.07) is 5.56. The second-order valence-corrected chi connectivity index (χ2v) is 6.57. The lowest BCUT2D eigenvalue weighted by atomic mass is 10.2. The van der Waals surface area contributed by atoms with Gasteiger partial charge in [0, 0.05) is 46.2 Å². The van der Waals surface area contributed by atoms with Crippen LogP contribution in [0.15, 0.2) is 23.2 Å². The molecule has 0 unspecified atom stereocenters. The van der Waals surface area contributed by atoms with Crippen LogP contribution in [-0.4, -0.2) is 69.8 Å². The minimum absolute atomic E-state index is 0.0907. The number of nitrogens with one attached hydrogen (secondary N) is 3. The lowest BCUT2D eigenvalue weighted by Crippen LogP contribution is -2.44. The highest BCUT2D eigenvalue weighted by atomic mass is 35.5. The fourth-order valence-corrected chi connectivity index (χ4v) is 2.89. The van der Waals surface area contributed by atoms with Crippen LogP contribution in [-0.2, 0) is 9.53 Å². The average Bonchev–Trinajstić information content (AvgIpc) is 2.63. The molecule has 0 spiro atoms. The predicted molar refractivity (Wildman–Crippen MR) is 106 cm³/mol. The van der Waals surface area contributed by atoms with Gasteiger partial charge in [0.2, 0.25) is 5.91 Å². The molecule has 1 amide bonds. The van der Waals surface area contributed by atoms with Crippen LogP contribution in [0.3, 0.4) is 0 Å². The highest BCUT2D eigenvalue weighted by molar-refractivity contribution is 6.33. The standard InChI is InChI=1S/C18H28ClN5O2/c1-14-3-4-16(15(19)13-14)23-17(25)5-6-21-18(20-2)22-7-8-24-9-11-26-12-10-24/h3-4,13H,5-12H2,1-2H3,(H,23,25)(H2,20,21,22). The van der Waals surface area contributed by atoms with E-state index in [0.717, 1.165) is 45.0 Å². The van der Waals surface area contributed by atoms with Crippen molar-refractivity contribution in [3.63, 3.8) is 0 Å². The largest absolute Gasteiger partial charge is 0.379 e. The van der Waals surface area contributed by atoms with Gasteiger partial charge in [-0.3, -0.25) is 14.7 Å². The Labute approximate surface area is 160 Å². The smallest absolute Gasteiger partial charge is 0.226 e. The molecule has 1 saturated heterocycles. The third-order valence-corrected chi connectivity index (χ3v) is 4.40. The molecule has 0 saturated carbocycles. The van der Waals surface area contributed by atoms with Crippen LogP contribution < -0.4 is 16.0 Å². The molecular weight excluding hydrogens is 354 g/mol. The van der Waals surface area contributed by atoms with Gasteiger partial charge in [-0.2, -0.15) is 0 Å². The summed E-state index contributed by atoms with van der Waals surface area (Å²) in [6.45, 7) is 7.72. The predicted octanol–water partition coefficient (Wildman–Crippen LogP) is 1.47. The molecule has 1 aliphatic heterocycles. The molecule has 144 valence electrons. The van der Waals surface area contributed by atoms with Gasteiger partial charge >= 0.3 is 0 Å².